The topological polar surface area (TPSA) is 17.1 Å². The average molecular weight is 324 g/mol. The third-order valence-electron chi connectivity index (χ3n) is 6.81. The van der Waals surface area contributed by atoms with Gasteiger partial charge in [0.05, 0.1) is 0 Å². The number of hydrogen-bond acceptors (Lipinski definition) is 1. The Morgan fingerprint density at radius 3 is 2.70 bits per heavy atom. The SMILES string of the molecule is O=C1C=C2CC[C@@H]3C(=C2CC1)CC[C@]1(CC(F)(F)F)CCC[C@@H]31. The molecule has 23 heavy (non-hydrogen) atoms. The predicted octanol–water partition coefficient (Wildman–Crippen LogP) is 5.52. The quantitative estimate of drug-likeness (QED) is 0.621. The Kier molecular flexibility index (Phi) is 3.51. The van der Waals surface area contributed by atoms with Crippen molar-refractivity contribution >= 4 is 5.78 Å². The lowest BCUT2D eigenvalue weighted by molar-refractivity contribution is -0.169. The molecule has 4 aliphatic carbocycles. The summed E-state index contributed by atoms with van der Waals surface area (Å²) in [6.07, 6.45) is 4.53. The summed E-state index contributed by atoms with van der Waals surface area (Å²) in [6, 6.07) is 0. The van der Waals surface area contributed by atoms with Crippen LogP contribution in [0.5, 0.6) is 0 Å². The standard InChI is InChI=1S/C19H23F3O/c20-19(21,22)11-18-8-1-2-17(18)16-5-3-12-10-13(23)4-6-14(12)15(16)7-9-18/h10,16-17H,1-9,11H2/t16-,17+,18+/m1/s1. The highest BCUT2D eigenvalue weighted by Gasteiger charge is 2.55. The number of allylic oxidation sites excluding steroid dienone is 4. The Labute approximate surface area is 135 Å². The zero-order valence-corrected chi connectivity index (χ0v) is 13.3. The van der Waals surface area contributed by atoms with Crippen molar-refractivity contribution in [3.63, 3.8) is 0 Å². The molecule has 0 heterocycles. The van der Waals surface area contributed by atoms with Crippen molar-refractivity contribution in [2.45, 2.75) is 70.4 Å². The van der Waals surface area contributed by atoms with Gasteiger partial charge in [0.1, 0.15) is 0 Å². The summed E-state index contributed by atoms with van der Waals surface area (Å²) in [5, 5.41) is 0. The van der Waals surface area contributed by atoms with E-state index in [0.717, 1.165) is 44.9 Å². The molecule has 2 fully saturated rings. The fourth-order valence-corrected chi connectivity index (χ4v) is 6.04. The third-order valence-corrected chi connectivity index (χ3v) is 6.81. The first-order chi connectivity index (χ1) is 10.9. The van der Waals surface area contributed by atoms with Gasteiger partial charge in [-0.2, -0.15) is 13.2 Å². The van der Waals surface area contributed by atoms with E-state index in [4.69, 9.17) is 0 Å². The number of alkyl halides is 3. The van der Waals surface area contributed by atoms with Crippen molar-refractivity contribution in [1.29, 1.82) is 0 Å². The molecule has 0 spiro atoms. The summed E-state index contributed by atoms with van der Waals surface area (Å²) in [4.78, 5) is 11.6. The van der Waals surface area contributed by atoms with Crippen molar-refractivity contribution in [3.8, 4) is 0 Å². The molecule has 4 rings (SSSR count). The number of halogens is 3. The minimum Gasteiger partial charge on any atom is -0.295 e. The third kappa shape index (κ3) is 2.58. The number of carbonyl (C=O) groups is 1. The lowest BCUT2D eigenvalue weighted by Crippen LogP contribution is -2.41. The minimum atomic E-state index is -4.05. The van der Waals surface area contributed by atoms with Crippen LogP contribution in [0, 0.1) is 17.3 Å². The molecule has 1 nitrogen and oxygen atoms in total. The van der Waals surface area contributed by atoms with Crippen LogP contribution in [0.3, 0.4) is 0 Å². The molecule has 4 heteroatoms. The highest BCUT2D eigenvalue weighted by Crippen LogP contribution is 2.63. The monoisotopic (exact) mass is 324 g/mol. The molecule has 0 aromatic rings. The van der Waals surface area contributed by atoms with Crippen LogP contribution in [0.1, 0.15) is 64.2 Å². The molecule has 0 amide bonds. The largest absolute Gasteiger partial charge is 0.389 e. The number of hydrogen-bond donors (Lipinski definition) is 0. The van der Waals surface area contributed by atoms with Crippen LogP contribution in [0.25, 0.3) is 0 Å². The summed E-state index contributed by atoms with van der Waals surface area (Å²) in [5.41, 5.74) is 3.44. The lowest BCUT2D eigenvalue weighted by Gasteiger charge is -2.49. The van der Waals surface area contributed by atoms with Gasteiger partial charge in [-0.3, -0.25) is 4.79 Å². The van der Waals surface area contributed by atoms with Gasteiger partial charge in [0.25, 0.3) is 0 Å². The zero-order valence-electron chi connectivity index (χ0n) is 13.3. The molecule has 0 aromatic heterocycles. The maximum Gasteiger partial charge on any atom is 0.389 e. The van der Waals surface area contributed by atoms with Gasteiger partial charge in [-0.25, -0.2) is 0 Å². The Morgan fingerprint density at radius 1 is 1.09 bits per heavy atom. The van der Waals surface area contributed by atoms with Crippen LogP contribution >= 0.6 is 0 Å². The van der Waals surface area contributed by atoms with Crippen molar-refractivity contribution in [3.05, 3.63) is 22.8 Å². The van der Waals surface area contributed by atoms with Crippen LogP contribution in [-0.2, 0) is 4.79 Å². The van der Waals surface area contributed by atoms with E-state index in [-0.39, 0.29) is 11.7 Å². The second kappa shape index (κ2) is 5.22. The van der Waals surface area contributed by atoms with Gasteiger partial charge >= 0.3 is 6.18 Å². The summed E-state index contributed by atoms with van der Waals surface area (Å²) in [6.45, 7) is 0. The van der Waals surface area contributed by atoms with Gasteiger partial charge in [0, 0.05) is 12.8 Å². The summed E-state index contributed by atoms with van der Waals surface area (Å²) in [7, 11) is 0. The number of fused-ring (bicyclic) bond motifs is 4. The van der Waals surface area contributed by atoms with Crippen molar-refractivity contribution in [1.82, 2.24) is 0 Å². The van der Waals surface area contributed by atoms with E-state index >= 15 is 0 Å². The molecule has 0 unspecified atom stereocenters. The second-order valence-electron chi connectivity index (χ2n) is 7.94. The highest BCUT2D eigenvalue weighted by atomic mass is 19.4. The maximum absolute atomic E-state index is 13.2. The lowest BCUT2D eigenvalue weighted by atomic mass is 9.56. The Hall–Kier alpha value is -1.06. The summed E-state index contributed by atoms with van der Waals surface area (Å²) < 4.78 is 39.5. The molecule has 0 bridgehead atoms. The fourth-order valence-electron chi connectivity index (χ4n) is 6.04. The van der Waals surface area contributed by atoms with Gasteiger partial charge in [0.15, 0.2) is 5.78 Å². The van der Waals surface area contributed by atoms with Crippen LogP contribution in [0.4, 0.5) is 13.2 Å². The molecule has 126 valence electrons. The highest BCUT2D eigenvalue weighted by molar-refractivity contribution is 5.93. The molecular formula is C19H23F3O. The van der Waals surface area contributed by atoms with Crippen LogP contribution in [0.2, 0.25) is 0 Å². The van der Waals surface area contributed by atoms with Crippen LogP contribution in [0.15, 0.2) is 22.8 Å². The summed E-state index contributed by atoms with van der Waals surface area (Å²) >= 11 is 0. The van der Waals surface area contributed by atoms with Crippen molar-refractivity contribution < 1.29 is 18.0 Å². The smallest absolute Gasteiger partial charge is 0.295 e. The molecule has 0 radical (unpaired) electrons. The molecule has 4 aliphatic rings. The van der Waals surface area contributed by atoms with E-state index in [9.17, 15) is 18.0 Å². The van der Waals surface area contributed by atoms with Crippen molar-refractivity contribution in [2.24, 2.45) is 17.3 Å². The maximum atomic E-state index is 13.2. The second-order valence-corrected chi connectivity index (χ2v) is 7.94. The zero-order chi connectivity index (χ0) is 16.2. The summed E-state index contributed by atoms with van der Waals surface area (Å²) in [5.74, 6) is 0.763. The van der Waals surface area contributed by atoms with E-state index in [0.29, 0.717) is 18.8 Å². The molecule has 0 saturated heterocycles. The van der Waals surface area contributed by atoms with E-state index < -0.39 is 18.0 Å². The van der Waals surface area contributed by atoms with Crippen LogP contribution in [-0.4, -0.2) is 12.0 Å². The minimum absolute atomic E-state index is 0.208. The number of ketones is 1. The number of carbonyl (C=O) groups excluding carboxylic acids is 1. The Bertz CT molecular complexity index is 598. The first kappa shape index (κ1) is 15.5. The van der Waals surface area contributed by atoms with Crippen molar-refractivity contribution in [2.75, 3.05) is 0 Å². The molecular weight excluding hydrogens is 301 g/mol. The predicted molar refractivity (Wildman–Crippen MR) is 81.8 cm³/mol. The molecule has 3 atom stereocenters. The van der Waals surface area contributed by atoms with Gasteiger partial charge in [-0.15, -0.1) is 0 Å². The van der Waals surface area contributed by atoms with Gasteiger partial charge in [-0.05, 0) is 79.4 Å². The van der Waals surface area contributed by atoms with Gasteiger partial charge < -0.3 is 0 Å². The van der Waals surface area contributed by atoms with Gasteiger partial charge in [-0.1, -0.05) is 12.0 Å². The first-order valence-corrected chi connectivity index (χ1v) is 8.90. The van der Waals surface area contributed by atoms with E-state index in [1.807, 2.05) is 0 Å². The average Bonchev–Trinajstić information content (AvgIpc) is 2.88. The normalized spacial score (nSPS) is 37.2. The van der Waals surface area contributed by atoms with Gasteiger partial charge in [0.2, 0.25) is 0 Å². The molecule has 0 aromatic carbocycles. The molecule has 0 aliphatic heterocycles. The molecule has 0 N–H and O–H groups in total. The fraction of sp³-hybridized carbons (Fsp3) is 0.737. The van der Waals surface area contributed by atoms with E-state index in [1.165, 1.54) is 16.7 Å². The number of rotatable bonds is 1. The molecule has 2 saturated carbocycles. The Balaban J connectivity index is 1.68. The van der Waals surface area contributed by atoms with E-state index in [1.54, 1.807) is 6.08 Å². The first-order valence-electron chi connectivity index (χ1n) is 8.90. The van der Waals surface area contributed by atoms with Crippen LogP contribution < -0.4 is 0 Å². The Morgan fingerprint density at radius 2 is 1.91 bits per heavy atom. The van der Waals surface area contributed by atoms with E-state index in [2.05, 4.69) is 0 Å².